The minimum absolute atomic E-state index is 0.0101. The zero-order valence-corrected chi connectivity index (χ0v) is 24.4. The predicted octanol–water partition coefficient (Wildman–Crippen LogP) is 4.80. The highest BCUT2D eigenvalue weighted by atomic mass is 35.5. The van der Waals surface area contributed by atoms with Crippen molar-refractivity contribution in [2.24, 2.45) is 0 Å². The summed E-state index contributed by atoms with van der Waals surface area (Å²) < 4.78 is 32.1. The third-order valence-electron chi connectivity index (χ3n) is 6.02. The first-order valence-corrected chi connectivity index (χ1v) is 14.6. The lowest BCUT2D eigenvalue weighted by atomic mass is 10.1. The first-order chi connectivity index (χ1) is 17.3. The van der Waals surface area contributed by atoms with Gasteiger partial charge >= 0.3 is 0 Å². The van der Waals surface area contributed by atoms with Crippen LogP contribution in [0.15, 0.2) is 36.4 Å². The second kappa shape index (κ2) is 13.3. The van der Waals surface area contributed by atoms with Gasteiger partial charge in [-0.25, -0.2) is 8.42 Å². The summed E-state index contributed by atoms with van der Waals surface area (Å²) >= 11 is 12.4. The Hall–Kier alpha value is -2.49. The molecule has 0 aliphatic carbocycles. The molecule has 0 radical (unpaired) electrons. The maximum Gasteiger partial charge on any atom is 0.244 e. The topological polar surface area (TPSA) is 96.0 Å². The Balaban J connectivity index is 2.55. The number of amides is 2. The van der Waals surface area contributed by atoms with E-state index in [1.807, 2.05) is 20.8 Å². The number of nitrogens with zero attached hydrogens (tertiary/aromatic N) is 2. The fourth-order valence-corrected chi connectivity index (χ4v) is 5.10. The largest absolute Gasteiger partial charge is 0.495 e. The van der Waals surface area contributed by atoms with Crippen molar-refractivity contribution in [3.8, 4) is 5.75 Å². The Morgan fingerprint density at radius 1 is 1.08 bits per heavy atom. The van der Waals surface area contributed by atoms with E-state index in [2.05, 4.69) is 5.32 Å². The lowest BCUT2D eigenvalue weighted by molar-refractivity contribution is -0.140. The Bertz CT molecular complexity index is 1220. The first kappa shape index (κ1) is 30.7. The van der Waals surface area contributed by atoms with Gasteiger partial charge in [0.05, 0.1) is 19.1 Å². The fourth-order valence-electron chi connectivity index (χ4n) is 3.78. The van der Waals surface area contributed by atoms with Gasteiger partial charge in [-0.3, -0.25) is 13.9 Å². The van der Waals surface area contributed by atoms with E-state index in [0.717, 1.165) is 16.1 Å². The predicted molar refractivity (Wildman–Crippen MR) is 149 cm³/mol. The SMILES string of the molecule is CC[C@@H](C)NC(=O)[C@H](CC)N(Cc1ccc(Cl)cc1Cl)C(=O)CN(c1cc(C)ccc1OC)S(C)(=O)=O. The Labute approximate surface area is 229 Å². The van der Waals surface area contributed by atoms with Crippen molar-refractivity contribution < 1.29 is 22.7 Å². The molecule has 2 amide bonds. The van der Waals surface area contributed by atoms with Crippen LogP contribution in [-0.2, 0) is 26.2 Å². The highest BCUT2D eigenvalue weighted by molar-refractivity contribution is 7.92. The molecule has 0 spiro atoms. The first-order valence-electron chi connectivity index (χ1n) is 12.0. The minimum Gasteiger partial charge on any atom is -0.495 e. The molecule has 0 bridgehead atoms. The van der Waals surface area contributed by atoms with Gasteiger partial charge in [0.2, 0.25) is 21.8 Å². The second-order valence-corrected chi connectivity index (χ2v) is 11.7. The quantitative estimate of drug-likeness (QED) is 0.394. The van der Waals surface area contributed by atoms with E-state index in [4.69, 9.17) is 27.9 Å². The van der Waals surface area contributed by atoms with Crippen molar-refractivity contribution in [1.29, 1.82) is 0 Å². The van der Waals surface area contributed by atoms with Crippen LogP contribution in [0, 0.1) is 6.92 Å². The van der Waals surface area contributed by atoms with Gasteiger partial charge in [0.25, 0.3) is 0 Å². The number of carbonyl (C=O) groups is 2. The lowest BCUT2D eigenvalue weighted by Gasteiger charge is -2.33. The van der Waals surface area contributed by atoms with Crippen molar-refractivity contribution in [3.63, 3.8) is 0 Å². The summed E-state index contributed by atoms with van der Waals surface area (Å²) in [4.78, 5) is 28.4. The van der Waals surface area contributed by atoms with Gasteiger partial charge in [0.15, 0.2) is 0 Å². The fraction of sp³-hybridized carbons (Fsp3) is 0.462. The number of sulfonamides is 1. The van der Waals surface area contributed by atoms with E-state index in [1.165, 1.54) is 12.0 Å². The summed E-state index contributed by atoms with van der Waals surface area (Å²) in [5, 5.41) is 3.70. The lowest BCUT2D eigenvalue weighted by Crippen LogP contribution is -2.53. The van der Waals surface area contributed by atoms with Gasteiger partial charge in [-0.15, -0.1) is 0 Å². The zero-order valence-electron chi connectivity index (χ0n) is 22.0. The molecule has 1 N–H and O–H groups in total. The monoisotopic (exact) mass is 571 g/mol. The van der Waals surface area contributed by atoms with E-state index in [9.17, 15) is 18.0 Å². The molecule has 2 aromatic rings. The van der Waals surface area contributed by atoms with Gasteiger partial charge in [-0.1, -0.05) is 49.2 Å². The summed E-state index contributed by atoms with van der Waals surface area (Å²) in [7, 11) is -2.47. The number of methoxy groups -OCH3 is 1. The molecule has 0 saturated heterocycles. The summed E-state index contributed by atoms with van der Waals surface area (Å²) in [6.45, 7) is 6.89. The molecular formula is C26H35Cl2N3O5S. The molecule has 2 aromatic carbocycles. The average Bonchev–Trinajstić information content (AvgIpc) is 2.82. The molecule has 0 aliphatic rings. The minimum atomic E-state index is -3.90. The summed E-state index contributed by atoms with van der Waals surface area (Å²) in [6, 6.07) is 9.01. The molecule has 8 nitrogen and oxygen atoms in total. The highest BCUT2D eigenvalue weighted by Gasteiger charge is 2.33. The smallest absolute Gasteiger partial charge is 0.244 e. The molecule has 2 rings (SSSR count). The van der Waals surface area contributed by atoms with E-state index in [-0.39, 0.29) is 24.2 Å². The van der Waals surface area contributed by atoms with Crippen LogP contribution in [0.4, 0.5) is 5.69 Å². The maximum absolute atomic E-state index is 13.8. The van der Waals surface area contributed by atoms with Crippen LogP contribution >= 0.6 is 23.2 Å². The standard InChI is InChI=1S/C26H35Cl2N3O5S/c1-7-18(4)29-26(33)22(8-2)30(15-19-10-11-20(27)14-21(19)28)25(32)16-31(37(6,34)35)23-13-17(3)9-12-24(23)36-5/h9-14,18,22H,7-8,15-16H2,1-6H3,(H,29,33)/t18-,22+/m1/s1. The van der Waals surface area contributed by atoms with E-state index < -0.39 is 28.5 Å². The van der Waals surface area contributed by atoms with E-state index >= 15 is 0 Å². The van der Waals surface area contributed by atoms with Crippen molar-refractivity contribution in [2.45, 2.75) is 59.2 Å². The van der Waals surface area contributed by atoms with Crippen LogP contribution in [-0.4, -0.2) is 57.1 Å². The molecule has 0 saturated carbocycles. The Morgan fingerprint density at radius 3 is 2.30 bits per heavy atom. The number of benzene rings is 2. The molecule has 0 aromatic heterocycles. The summed E-state index contributed by atoms with van der Waals surface area (Å²) in [5.41, 5.74) is 1.61. The number of ether oxygens (including phenoxy) is 1. The maximum atomic E-state index is 13.8. The molecule has 0 aliphatic heterocycles. The van der Waals surface area contributed by atoms with E-state index in [0.29, 0.717) is 34.2 Å². The molecule has 0 unspecified atom stereocenters. The van der Waals surface area contributed by atoms with Crippen LogP contribution < -0.4 is 14.4 Å². The second-order valence-electron chi connectivity index (χ2n) is 8.94. The Morgan fingerprint density at radius 2 is 1.76 bits per heavy atom. The van der Waals surface area contributed by atoms with Gasteiger partial charge in [-0.2, -0.15) is 0 Å². The molecule has 0 fully saturated rings. The molecule has 2 atom stereocenters. The van der Waals surface area contributed by atoms with Gasteiger partial charge in [0, 0.05) is 22.6 Å². The number of halogens is 2. The third kappa shape index (κ3) is 8.25. The molecular weight excluding hydrogens is 537 g/mol. The van der Waals surface area contributed by atoms with Crippen LogP contribution in [0.2, 0.25) is 10.0 Å². The van der Waals surface area contributed by atoms with Crippen molar-refractivity contribution in [2.75, 3.05) is 24.2 Å². The summed E-state index contributed by atoms with van der Waals surface area (Å²) in [6.07, 6.45) is 2.05. The van der Waals surface area contributed by atoms with Gasteiger partial charge in [-0.05, 0) is 62.1 Å². The molecule has 11 heteroatoms. The van der Waals surface area contributed by atoms with Crippen LogP contribution in [0.1, 0.15) is 44.7 Å². The number of hydrogen-bond acceptors (Lipinski definition) is 5. The number of nitrogens with one attached hydrogen (secondary N) is 1. The van der Waals surface area contributed by atoms with Crippen LogP contribution in [0.25, 0.3) is 0 Å². The number of carbonyl (C=O) groups excluding carboxylic acids is 2. The van der Waals surface area contributed by atoms with Crippen LogP contribution in [0.3, 0.4) is 0 Å². The molecule has 204 valence electrons. The number of rotatable bonds is 12. The van der Waals surface area contributed by atoms with Crippen molar-refractivity contribution in [3.05, 3.63) is 57.6 Å². The van der Waals surface area contributed by atoms with Crippen molar-refractivity contribution >= 4 is 50.7 Å². The zero-order chi connectivity index (χ0) is 27.9. The molecule has 37 heavy (non-hydrogen) atoms. The Kier molecular flexibility index (Phi) is 11.1. The number of anilines is 1. The third-order valence-corrected chi connectivity index (χ3v) is 7.74. The van der Waals surface area contributed by atoms with Gasteiger partial charge in [0.1, 0.15) is 18.3 Å². The molecule has 0 heterocycles. The normalized spacial score (nSPS) is 13.0. The van der Waals surface area contributed by atoms with Crippen LogP contribution in [0.5, 0.6) is 5.75 Å². The average molecular weight is 573 g/mol. The van der Waals surface area contributed by atoms with E-state index in [1.54, 1.807) is 43.3 Å². The summed E-state index contributed by atoms with van der Waals surface area (Å²) in [5.74, 6) is -0.585. The van der Waals surface area contributed by atoms with Gasteiger partial charge < -0.3 is 15.0 Å². The van der Waals surface area contributed by atoms with Crippen molar-refractivity contribution in [1.82, 2.24) is 10.2 Å². The highest BCUT2D eigenvalue weighted by Crippen LogP contribution is 2.31. The number of hydrogen-bond donors (Lipinski definition) is 1. The number of aryl methyl sites for hydroxylation is 1.